The molecule has 2 aromatic carbocycles. The number of hydrogen-bond acceptors (Lipinski definition) is 5. The molecule has 0 aliphatic carbocycles. The molecule has 2 N–H and O–H groups in total. The quantitative estimate of drug-likeness (QED) is 0.421. The molecule has 0 atom stereocenters. The first-order valence-corrected chi connectivity index (χ1v) is 8.38. The van der Waals surface area contributed by atoms with E-state index < -0.39 is 30.0 Å². The second kappa shape index (κ2) is 8.25. The van der Waals surface area contributed by atoms with Crippen LogP contribution in [-0.2, 0) is 20.2 Å². The maximum atomic E-state index is 11.2. The van der Waals surface area contributed by atoms with Crippen molar-refractivity contribution in [3.05, 3.63) is 56.0 Å². The summed E-state index contributed by atoms with van der Waals surface area (Å²) >= 11 is 0. The van der Waals surface area contributed by atoms with E-state index in [1.165, 1.54) is 36.4 Å². The van der Waals surface area contributed by atoms with Crippen LogP contribution in [0.15, 0.2) is 58.3 Å². The van der Waals surface area contributed by atoms with Crippen LogP contribution in [0, 0.1) is 7.43 Å². The average molecular weight is 368 g/mol. The smallest absolute Gasteiger partial charge is 0.454 e. The van der Waals surface area contributed by atoms with Crippen LogP contribution in [-0.4, -0.2) is 25.9 Å². The molecule has 0 saturated carbocycles. The summed E-state index contributed by atoms with van der Waals surface area (Å²) in [5.74, 6) is -0.535. The van der Waals surface area contributed by atoms with Crippen molar-refractivity contribution in [2.45, 2.75) is 9.79 Å². The minimum absolute atomic E-state index is 0. The van der Waals surface area contributed by atoms with Crippen molar-refractivity contribution in [1.29, 1.82) is 0 Å². The third-order valence-electron chi connectivity index (χ3n) is 2.47. The predicted octanol–water partition coefficient (Wildman–Crippen LogP) is -0.573. The Morgan fingerprint density at radius 3 is 1.30 bits per heavy atom. The van der Waals surface area contributed by atoms with Crippen LogP contribution in [0.25, 0.3) is 0 Å². The molecule has 0 amide bonds. The van der Waals surface area contributed by atoms with Crippen LogP contribution in [0.2, 0.25) is 0 Å². The maximum Gasteiger partial charge on any atom is 1.00 e. The van der Waals surface area contributed by atoms with Crippen molar-refractivity contribution in [2.24, 2.45) is 0 Å². The maximum absolute atomic E-state index is 11.2. The fourth-order valence-corrected chi connectivity index (χ4v) is 2.84. The first kappa shape index (κ1) is 22.1. The Labute approximate surface area is 157 Å². The topological polar surface area (TPSA) is 118 Å². The van der Waals surface area contributed by atoms with Gasteiger partial charge in [0.2, 0.25) is 0 Å². The molecule has 0 aromatic heterocycles. The van der Waals surface area contributed by atoms with Gasteiger partial charge in [-0.3, -0.25) is 9.11 Å². The van der Waals surface area contributed by atoms with Crippen molar-refractivity contribution in [1.82, 2.24) is 0 Å². The number of para-hydroxylation sites is 2. The normalized spacial score (nSPS) is 11.0. The Morgan fingerprint density at radius 1 is 0.696 bits per heavy atom. The van der Waals surface area contributed by atoms with E-state index in [-0.39, 0.29) is 48.5 Å². The number of hydrogen-bond donors (Lipinski definition) is 2. The van der Waals surface area contributed by atoms with Crippen molar-refractivity contribution in [3.8, 4) is 11.5 Å². The Balaban J connectivity index is 0.00000242. The molecule has 0 aliphatic rings. The zero-order chi connectivity index (χ0) is 15.7. The van der Waals surface area contributed by atoms with Crippen LogP contribution in [0.4, 0.5) is 0 Å². The Bertz CT molecular complexity index is 803. The third kappa shape index (κ3) is 5.57. The molecule has 0 radical (unpaired) electrons. The van der Waals surface area contributed by atoms with Gasteiger partial charge >= 0.3 is 29.6 Å². The number of benzene rings is 2. The summed E-state index contributed by atoms with van der Waals surface area (Å²) in [4.78, 5) is -1.04. The summed E-state index contributed by atoms with van der Waals surface area (Å²) in [7, 11) is -9.08. The van der Waals surface area contributed by atoms with Gasteiger partial charge in [-0.2, -0.15) is 16.8 Å². The molecule has 0 unspecified atom stereocenters. The van der Waals surface area contributed by atoms with Crippen LogP contribution in [0.3, 0.4) is 0 Å². The first-order valence-electron chi connectivity index (χ1n) is 5.50. The van der Waals surface area contributed by atoms with Crippen LogP contribution in [0.5, 0.6) is 11.5 Å². The molecular formula is C13H13NaO7S2. The van der Waals surface area contributed by atoms with Gasteiger partial charge < -0.3 is 12.2 Å². The first-order chi connectivity index (χ1) is 9.69. The summed E-state index contributed by atoms with van der Waals surface area (Å²) in [6, 6.07) is 10.3. The summed E-state index contributed by atoms with van der Waals surface area (Å²) < 4.78 is 68.4. The largest absolute Gasteiger partial charge is 1.00 e. The van der Waals surface area contributed by atoms with Gasteiger partial charge in [-0.05, 0) is 24.3 Å². The Kier molecular flexibility index (Phi) is 7.91. The van der Waals surface area contributed by atoms with E-state index in [1.807, 2.05) is 0 Å². The molecule has 0 aliphatic heterocycles. The van der Waals surface area contributed by atoms with Gasteiger partial charge in [0.15, 0.2) is 0 Å². The van der Waals surface area contributed by atoms with Gasteiger partial charge in [-0.1, -0.05) is 24.3 Å². The molecule has 10 heteroatoms. The molecule has 0 bridgehead atoms. The van der Waals surface area contributed by atoms with Crippen molar-refractivity contribution < 1.29 is 60.2 Å². The predicted molar refractivity (Wildman–Crippen MR) is 79.0 cm³/mol. The fraction of sp³-hybridized carbons (Fsp3) is 0. The zero-order valence-electron chi connectivity index (χ0n) is 12.4. The van der Waals surface area contributed by atoms with Gasteiger partial charge in [0.1, 0.15) is 21.3 Å². The second-order valence-corrected chi connectivity index (χ2v) is 6.73. The van der Waals surface area contributed by atoms with Crippen molar-refractivity contribution in [3.63, 3.8) is 0 Å². The van der Waals surface area contributed by atoms with E-state index in [0.29, 0.717) is 0 Å². The van der Waals surface area contributed by atoms with Crippen LogP contribution < -0.4 is 34.3 Å². The molecule has 7 nitrogen and oxygen atoms in total. The monoisotopic (exact) mass is 368 g/mol. The van der Waals surface area contributed by atoms with Crippen LogP contribution >= 0.6 is 0 Å². The molecule has 0 spiro atoms. The van der Waals surface area contributed by atoms with Gasteiger partial charge in [0, 0.05) is 0 Å². The molecule has 2 aromatic rings. The van der Waals surface area contributed by atoms with Gasteiger partial charge in [0.05, 0.1) is 0 Å². The summed E-state index contributed by atoms with van der Waals surface area (Å²) in [6.45, 7) is 0. The fourth-order valence-electron chi connectivity index (χ4n) is 1.61. The molecular weight excluding hydrogens is 355 g/mol. The third-order valence-corrected chi connectivity index (χ3v) is 4.26. The number of rotatable bonds is 4. The van der Waals surface area contributed by atoms with Gasteiger partial charge in [-0.25, -0.2) is 0 Å². The van der Waals surface area contributed by atoms with Gasteiger partial charge in [-0.15, -0.1) is 0 Å². The van der Waals surface area contributed by atoms with Crippen molar-refractivity contribution in [2.75, 3.05) is 0 Å². The van der Waals surface area contributed by atoms with E-state index in [1.54, 1.807) is 0 Å². The van der Waals surface area contributed by atoms with E-state index >= 15 is 0 Å². The van der Waals surface area contributed by atoms with Gasteiger partial charge in [0.25, 0.3) is 20.2 Å². The van der Waals surface area contributed by atoms with E-state index in [2.05, 4.69) is 0 Å². The molecule has 0 fully saturated rings. The Hall–Kier alpha value is -0.940. The minimum atomic E-state index is -4.54. The zero-order valence-corrected chi connectivity index (χ0v) is 16.0. The summed E-state index contributed by atoms with van der Waals surface area (Å²) in [6.07, 6.45) is 0. The molecule has 23 heavy (non-hydrogen) atoms. The molecule has 0 heterocycles. The summed E-state index contributed by atoms with van der Waals surface area (Å²) in [5, 5.41) is 0. The van der Waals surface area contributed by atoms with Crippen LogP contribution in [0.1, 0.15) is 0 Å². The molecule has 2 rings (SSSR count). The van der Waals surface area contributed by atoms with E-state index in [9.17, 15) is 16.8 Å². The Morgan fingerprint density at radius 2 is 1.00 bits per heavy atom. The minimum Gasteiger partial charge on any atom is -0.454 e. The standard InChI is InChI=1S/C12H10O7S2.CH3.Na/c13-20(14,15)11-7-3-1-5-9(11)19-10-6-2-4-8-12(10)21(16,17)18;;/h1-8H,(H,13,14,15)(H,16,17,18);1H3;/q;-1;+1. The number of ether oxygens (including phenoxy) is 1. The SMILES string of the molecule is O=S(=O)(O)c1ccccc1Oc1ccccc1S(=O)(=O)O.[CH3-].[Na+]. The van der Waals surface area contributed by atoms with E-state index in [4.69, 9.17) is 13.8 Å². The molecule has 0 saturated heterocycles. The van der Waals surface area contributed by atoms with Crippen molar-refractivity contribution >= 4 is 20.2 Å². The second-order valence-electron chi connectivity index (χ2n) is 3.95. The summed E-state index contributed by atoms with van der Waals surface area (Å²) in [5.41, 5.74) is 0. The van der Waals surface area contributed by atoms with E-state index in [0.717, 1.165) is 12.1 Å². The molecule has 120 valence electrons. The average Bonchev–Trinajstić information content (AvgIpc) is 2.37.